The first kappa shape index (κ1) is 15.3. The maximum Gasteiger partial charge on any atom is 0.145 e. The van der Waals surface area contributed by atoms with Crippen LogP contribution in [0.3, 0.4) is 0 Å². The van der Waals surface area contributed by atoms with Gasteiger partial charge in [0.15, 0.2) is 0 Å². The summed E-state index contributed by atoms with van der Waals surface area (Å²) >= 11 is 3.47. The molecular formula is C17H20BrN3O. The molecule has 0 spiro atoms. The Morgan fingerprint density at radius 1 is 1.00 bits per heavy atom. The van der Waals surface area contributed by atoms with Crippen molar-refractivity contribution in [2.24, 2.45) is 0 Å². The molecule has 1 aliphatic rings. The zero-order chi connectivity index (χ0) is 15.5. The average molecular weight is 362 g/mol. The van der Waals surface area contributed by atoms with Gasteiger partial charge in [-0.15, -0.1) is 0 Å². The maximum absolute atomic E-state index is 5.49. The first-order valence-corrected chi connectivity index (χ1v) is 8.21. The van der Waals surface area contributed by atoms with Gasteiger partial charge in [0.1, 0.15) is 17.3 Å². The van der Waals surface area contributed by atoms with Gasteiger partial charge in [0.25, 0.3) is 0 Å². The number of aromatic nitrogens is 1. The van der Waals surface area contributed by atoms with Crippen molar-refractivity contribution in [3.8, 4) is 17.0 Å². The fourth-order valence-electron chi connectivity index (χ4n) is 2.63. The second kappa shape index (κ2) is 6.67. The van der Waals surface area contributed by atoms with Gasteiger partial charge in [-0.1, -0.05) is 28.1 Å². The van der Waals surface area contributed by atoms with E-state index >= 15 is 0 Å². The fourth-order valence-corrected chi connectivity index (χ4v) is 2.89. The molecule has 1 fully saturated rings. The van der Waals surface area contributed by atoms with E-state index in [1.165, 1.54) is 0 Å². The second-order valence-corrected chi connectivity index (χ2v) is 6.43. The summed E-state index contributed by atoms with van der Waals surface area (Å²) in [6.45, 7) is 4.16. The van der Waals surface area contributed by atoms with Gasteiger partial charge in [-0.05, 0) is 31.3 Å². The van der Waals surface area contributed by atoms with E-state index in [2.05, 4.69) is 44.9 Å². The summed E-state index contributed by atoms with van der Waals surface area (Å²) in [5.74, 6) is 1.83. The number of hydrogen-bond acceptors (Lipinski definition) is 4. The molecule has 0 radical (unpaired) electrons. The molecule has 0 bridgehead atoms. The van der Waals surface area contributed by atoms with Crippen LogP contribution in [-0.4, -0.2) is 50.2 Å². The predicted octanol–water partition coefficient (Wildman–Crippen LogP) is 3.27. The summed E-state index contributed by atoms with van der Waals surface area (Å²) in [6, 6.07) is 12.2. The van der Waals surface area contributed by atoms with Gasteiger partial charge in [-0.25, -0.2) is 4.98 Å². The van der Waals surface area contributed by atoms with Crippen molar-refractivity contribution in [1.29, 1.82) is 0 Å². The number of methoxy groups -OCH3 is 1. The van der Waals surface area contributed by atoms with Crippen LogP contribution in [-0.2, 0) is 0 Å². The van der Waals surface area contributed by atoms with Crippen molar-refractivity contribution in [3.05, 3.63) is 40.9 Å². The third-order valence-electron chi connectivity index (χ3n) is 4.01. The highest BCUT2D eigenvalue weighted by atomic mass is 79.9. The number of benzene rings is 1. The Labute approximate surface area is 139 Å². The molecule has 1 aromatic carbocycles. The van der Waals surface area contributed by atoms with E-state index in [0.717, 1.165) is 53.5 Å². The van der Waals surface area contributed by atoms with Crippen molar-refractivity contribution in [3.63, 3.8) is 0 Å². The minimum atomic E-state index is 0.806. The van der Waals surface area contributed by atoms with Gasteiger partial charge in [0.05, 0.1) is 7.11 Å². The molecule has 0 amide bonds. The molecule has 3 rings (SSSR count). The summed E-state index contributed by atoms with van der Waals surface area (Å²) in [7, 11) is 3.85. The number of pyridine rings is 1. The molecule has 0 saturated carbocycles. The number of hydrogen-bond donors (Lipinski definition) is 0. The molecule has 0 aliphatic carbocycles. The molecule has 0 atom stereocenters. The zero-order valence-electron chi connectivity index (χ0n) is 12.9. The molecule has 1 aliphatic heterocycles. The molecule has 22 heavy (non-hydrogen) atoms. The highest BCUT2D eigenvalue weighted by Crippen LogP contribution is 2.31. The number of halogens is 1. The van der Waals surface area contributed by atoms with Crippen molar-refractivity contribution < 1.29 is 4.74 Å². The van der Waals surface area contributed by atoms with Crippen LogP contribution in [0.4, 0.5) is 5.82 Å². The first-order chi connectivity index (χ1) is 10.7. The lowest BCUT2D eigenvalue weighted by atomic mass is 10.1. The lowest BCUT2D eigenvalue weighted by Gasteiger charge is -2.33. The molecule has 4 nitrogen and oxygen atoms in total. The normalized spacial score (nSPS) is 15.9. The Hall–Kier alpha value is -1.59. The highest BCUT2D eigenvalue weighted by Gasteiger charge is 2.17. The number of likely N-dealkylation sites (N-methyl/N-ethyl adjacent to an activating group) is 1. The van der Waals surface area contributed by atoms with Gasteiger partial charge >= 0.3 is 0 Å². The molecular weight excluding hydrogens is 342 g/mol. The third kappa shape index (κ3) is 3.25. The minimum absolute atomic E-state index is 0.806. The van der Waals surface area contributed by atoms with Gasteiger partial charge in [-0.2, -0.15) is 0 Å². The van der Waals surface area contributed by atoms with Crippen molar-refractivity contribution in [2.75, 3.05) is 45.2 Å². The Kier molecular flexibility index (Phi) is 4.64. The lowest BCUT2D eigenvalue weighted by molar-refractivity contribution is 0.312. The smallest absolute Gasteiger partial charge is 0.145 e. The van der Waals surface area contributed by atoms with E-state index in [1.54, 1.807) is 7.11 Å². The van der Waals surface area contributed by atoms with Crippen molar-refractivity contribution in [1.82, 2.24) is 9.88 Å². The molecule has 1 saturated heterocycles. The Morgan fingerprint density at radius 2 is 1.68 bits per heavy atom. The first-order valence-electron chi connectivity index (χ1n) is 7.42. The predicted molar refractivity (Wildman–Crippen MR) is 93.6 cm³/mol. The Balaban J connectivity index is 1.94. The van der Waals surface area contributed by atoms with E-state index in [4.69, 9.17) is 9.72 Å². The summed E-state index contributed by atoms with van der Waals surface area (Å²) in [5.41, 5.74) is 1.96. The van der Waals surface area contributed by atoms with Gasteiger partial charge in [0, 0.05) is 36.2 Å². The van der Waals surface area contributed by atoms with Crippen LogP contribution in [0.15, 0.2) is 40.9 Å². The maximum atomic E-state index is 5.49. The average Bonchev–Trinajstić information content (AvgIpc) is 2.56. The van der Waals surface area contributed by atoms with Gasteiger partial charge in [0.2, 0.25) is 0 Å². The van der Waals surface area contributed by atoms with Crippen LogP contribution in [0.1, 0.15) is 0 Å². The summed E-state index contributed by atoms with van der Waals surface area (Å²) in [5, 5.41) is 0. The monoisotopic (exact) mass is 361 g/mol. The minimum Gasteiger partial charge on any atom is -0.494 e. The van der Waals surface area contributed by atoms with E-state index < -0.39 is 0 Å². The number of ether oxygens (including phenoxy) is 1. The SMILES string of the molecule is COc1ccc(N2CCN(C)CC2)nc1-c1ccc(Br)cc1. The largest absolute Gasteiger partial charge is 0.494 e. The summed E-state index contributed by atoms with van der Waals surface area (Å²) in [4.78, 5) is 9.54. The number of piperazine rings is 1. The third-order valence-corrected chi connectivity index (χ3v) is 4.54. The standard InChI is InChI=1S/C17H20BrN3O/c1-20-9-11-21(12-10-20)16-8-7-15(22-2)17(19-16)13-3-5-14(18)6-4-13/h3-8H,9-12H2,1-2H3. The topological polar surface area (TPSA) is 28.6 Å². The van der Waals surface area contributed by atoms with Crippen LogP contribution < -0.4 is 9.64 Å². The van der Waals surface area contributed by atoms with Gasteiger partial charge < -0.3 is 14.5 Å². The van der Waals surface area contributed by atoms with Crippen LogP contribution in [0.5, 0.6) is 5.75 Å². The van der Waals surface area contributed by atoms with Crippen LogP contribution in [0, 0.1) is 0 Å². The number of nitrogens with zero attached hydrogens (tertiary/aromatic N) is 3. The van der Waals surface area contributed by atoms with Crippen LogP contribution in [0.2, 0.25) is 0 Å². The summed E-state index contributed by atoms with van der Waals surface area (Å²) in [6.07, 6.45) is 0. The van der Waals surface area contributed by atoms with E-state index in [9.17, 15) is 0 Å². The number of anilines is 1. The summed E-state index contributed by atoms with van der Waals surface area (Å²) < 4.78 is 6.55. The Bertz CT molecular complexity index is 637. The molecule has 1 aromatic heterocycles. The second-order valence-electron chi connectivity index (χ2n) is 5.52. The fraction of sp³-hybridized carbons (Fsp3) is 0.353. The molecule has 0 N–H and O–H groups in total. The molecule has 2 aromatic rings. The Morgan fingerprint density at radius 3 is 2.32 bits per heavy atom. The molecule has 5 heteroatoms. The molecule has 0 unspecified atom stereocenters. The van der Waals surface area contributed by atoms with E-state index in [-0.39, 0.29) is 0 Å². The molecule has 2 heterocycles. The lowest BCUT2D eigenvalue weighted by Crippen LogP contribution is -2.44. The van der Waals surface area contributed by atoms with Gasteiger partial charge in [-0.3, -0.25) is 0 Å². The molecule has 116 valence electrons. The van der Waals surface area contributed by atoms with Crippen LogP contribution >= 0.6 is 15.9 Å². The highest BCUT2D eigenvalue weighted by molar-refractivity contribution is 9.10. The number of rotatable bonds is 3. The van der Waals surface area contributed by atoms with E-state index in [1.807, 2.05) is 24.3 Å². The van der Waals surface area contributed by atoms with Crippen molar-refractivity contribution in [2.45, 2.75) is 0 Å². The zero-order valence-corrected chi connectivity index (χ0v) is 14.5. The van der Waals surface area contributed by atoms with Crippen molar-refractivity contribution >= 4 is 21.7 Å². The quantitative estimate of drug-likeness (QED) is 0.838. The van der Waals surface area contributed by atoms with E-state index in [0.29, 0.717) is 0 Å². The van der Waals surface area contributed by atoms with Crippen LogP contribution in [0.25, 0.3) is 11.3 Å².